The summed E-state index contributed by atoms with van der Waals surface area (Å²) in [6.45, 7) is 13.5. The lowest BCUT2D eigenvalue weighted by atomic mass is 9.89. The Labute approximate surface area is 140 Å². The molecular formula is C18H31N3O2. The fourth-order valence-electron chi connectivity index (χ4n) is 2.91. The Morgan fingerprint density at radius 3 is 2.57 bits per heavy atom. The maximum absolute atomic E-state index is 12.1. The summed E-state index contributed by atoms with van der Waals surface area (Å²) >= 11 is 0. The van der Waals surface area contributed by atoms with Gasteiger partial charge in [-0.3, -0.25) is 0 Å². The molecule has 130 valence electrons. The van der Waals surface area contributed by atoms with Crippen LogP contribution in [0.25, 0.3) is 0 Å². The molecule has 1 N–H and O–H groups in total. The molecule has 1 aliphatic rings. The molecule has 0 aromatic carbocycles. The Hall–Kier alpha value is -1.49. The van der Waals surface area contributed by atoms with Crippen molar-refractivity contribution in [2.75, 3.05) is 13.1 Å². The average Bonchev–Trinajstić information content (AvgIpc) is 2.91. The number of carbonyl (C=O) groups is 1. The number of nitrogens with one attached hydrogen (secondary N) is 1. The molecule has 1 aromatic heterocycles. The van der Waals surface area contributed by atoms with Gasteiger partial charge in [0.1, 0.15) is 5.60 Å². The van der Waals surface area contributed by atoms with Gasteiger partial charge in [-0.2, -0.15) is 0 Å². The lowest BCUT2D eigenvalue weighted by molar-refractivity contribution is 0.0156. The number of nitrogens with zero attached hydrogens (tertiary/aromatic N) is 2. The molecular weight excluding hydrogens is 290 g/mol. The van der Waals surface area contributed by atoms with Crippen molar-refractivity contribution in [1.29, 1.82) is 0 Å². The smallest absolute Gasteiger partial charge is 0.410 e. The Bertz CT molecular complexity index is 523. The summed E-state index contributed by atoms with van der Waals surface area (Å²) in [5, 5.41) is 3.68. The zero-order chi connectivity index (χ0) is 17.1. The van der Waals surface area contributed by atoms with Crippen molar-refractivity contribution in [2.24, 2.45) is 0 Å². The van der Waals surface area contributed by atoms with E-state index in [1.165, 1.54) is 5.69 Å². The van der Waals surface area contributed by atoms with E-state index in [-0.39, 0.29) is 11.6 Å². The fourth-order valence-corrected chi connectivity index (χ4v) is 2.91. The summed E-state index contributed by atoms with van der Waals surface area (Å²) in [4.78, 5) is 14.0. The zero-order valence-electron chi connectivity index (χ0n) is 15.2. The first-order chi connectivity index (χ1) is 10.7. The number of aromatic nitrogens is 1. The lowest BCUT2D eigenvalue weighted by Gasteiger charge is -2.40. The molecule has 1 fully saturated rings. The third kappa shape index (κ3) is 4.99. The summed E-state index contributed by atoms with van der Waals surface area (Å²) in [7, 11) is 0. The number of hydrogen-bond donors (Lipinski definition) is 1. The molecule has 23 heavy (non-hydrogen) atoms. The van der Waals surface area contributed by atoms with E-state index >= 15 is 0 Å². The molecule has 0 atom stereocenters. The second kappa shape index (κ2) is 6.95. The molecule has 1 amide bonds. The Kier molecular flexibility index (Phi) is 5.40. The molecule has 0 saturated carbocycles. The van der Waals surface area contributed by atoms with Crippen LogP contribution in [0.15, 0.2) is 18.3 Å². The maximum atomic E-state index is 12.1. The molecule has 0 spiro atoms. The van der Waals surface area contributed by atoms with Gasteiger partial charge in [0, 0.05) is 43.6 Å². The summed E-state index contributed by atoms with van der Waals surface area (Å²) in [5.41, 5.74) is 0.950. The van der Waals surface area contributed by atoms with E-state index < -0.39 is 5.60 Å². The van der Waals surface area contributed by atoms with Gasteiger partial charge in [-0.15, -0.1) is 0 Å². The normalized spacial score (nSPS) is 18.0. The van der Waals surface area contributed by atoms with Crippen LogP contribution >= 0.6 is 0 Å². The summed E-state index contributed by atoms with van der Waals surface area (Å²) in [6.07, 6.45) is 3.81. The number of carbonyl (C=O) groups excluding carboxylic acids is 1. The van der Waals surface area contributed by atoms with Gasteiger partial charge in [0.15, 0.2) is 0 Å². The van der Waals surface area contributed by atoms with Crippen LogP contribution in [0.2, 0.25) is 0 Å². The minimum absolute atomic E-state index is 0.0708. The van der Waals surface area contributed by atoms with Crippen LogP contribution in [0.3, 0.4) is 0 Å². The molecule has 5 heteroatoms. The molecule has 0 radical (unpaired) electrons. The number of rotatable bonds is 4. The van der Waals surface area contributed by atoms with Crippen molar-refractivity contribution in [3.63, 3.8) is 0 Å². The first-order valence-corrected chi connectivity index (χ1v) is 8.59. The van der Waals surface area contributed by atoms with Crippen LogP contribution in [-0.2, 0) is 17.8 Å². The first kappa shape index (κ1) is 17.9. The van der Waals surface area contributed by atoms with Gasteiger partial charge in [0.25, 0.3) is 0 Å². The van der Waals surface area contributed by atoms with E-state index in [1.807, 2.05) is 25.7 Å². The summed E-state index contributed by atoms with van der Waals surface area (Å²) in [6, 6.07) is 4.25. The van der Waals surface area contributed by atoms with Crippen LogP contribution in [0.4, 0.5) is 4.79 Å². The predicted molar refractivity (Wildman–Crippen MR) is 92.4 cm³/mol. The molecule has 2 rings (SSSR count). The zero-order valence-corrected chi connectivity index (χ0v) is 15.2. The molecule has 1 aliphatic heterocycles. The van der Waals surface area contributed by atoms with Crippen molar-refractivity contribution < 1.29 is 9.53 Å². The van der Waals surface area contributed by atoms with E-state index in [0.29, 0.717) is 0 Å². The standard InChI is InChI=1S/C18H31N3O2/c1-6-20-11-7-8-15(20)14-19-18(5)9-12-21(13-10-18)16(22)23-17(2,3)4/h7-8,11,19H,6,9-10,12-14H2,1-5H3. The van der Waals surface area contributed by atoms with Crippen LogP contribution in [0.5, 0.6) is 0 Å². The molecule has 2 heterocycles. The third-order valence-electron chi connectivity index (χ3n) is 4.48. The lowest BCUT2D eigenvalue weighted by Crippen LogP contribution is -2.53. The number of likely N-dealkylation sites (tertiary alicyclic amines) is 1. The fraction of sp³-hybridized carbons (Fsp3) is 0.722. The molecule has 0 bridgehead atoms. The number of hydrogen-bond acceptors (Lipinski definition) is 3. The Morgan fingerprint density at radius 2 is 2.00 bits per heavy atom. The number of aryl methyl sites for hydroxylation is 1. The van der Waals surface area contributed by atoms with E-state index in [0.717, 1.165) is 39.0 Å². The van der Waals surface area contributed by atoms with Crippen LogP contribution < -0.4 is 5.32 Å². The van der Waals surface area contributed by atoms with Gasteiger partial charge in [-0.25, -0.2) is 4.79 Å². The van der Waals surface area contributed by atoms with Crippen molar-refractivity contribution in [3.05, 3.63) is 24.0 Å². The predicted octanol–water partition coefficient (Wildman–Crippen LogP) is 3.39. The number of ether oxygens (including phenoxy) is 1. The van der Waals surface area contributed by atoms with Gasteiger partial charge >= 0.3 is 6.09 Å². The minimum Gasteiger partial charge on any atom is -0.444 e. The molecule has 1 aromatic rings. The largest absolute Gasteiger partial charge is 0.444 e. The topological polar surface area (TPSA) is 46.5 Å². The first-order valence-electron chi connectivity index (χ1n) is 8.59. The summed E-state index contributed by atoms with van der Waals surface area (Å²) in [5.74, 6) is 0. The van der Waals surface area contributed by atoms with Gasteiger partial charge in [-0.1, -0.05) is 0 Å². The van der Waals surface area contributed by atoms with Crippen LogP contribution in [0, 0.1) is 0 Å². The van der Waals surface area contributed by atoms with Crippen LogP contribution in [0.1, 0.15) is 53.2 Å². The SMILES string of the molecule is CCn1cccc1CNC1(C)CCN(C(=O)OC(C)(C)C)CC1. The van der Waals surface area contributed by atoms with Crippen molar-refractivity contribution in [3.8, 4) is 0 Å². The molecule has 0 aliphatic carbocycles. The van der Waals surface area contributed by atoms with Crippen molar-refractivity contribution in [1.82, 2.24) is 14.8 Å². The van der Waals surface area contributed by atoms with Gasteiger partial charge < -0.3 is 19.5 Å². The number of amides is 1. The van der Waals surface area contributed by atoms with E-state index in [9.17, 15) is 4.79 Å². The van der Waals surface area contributed by atoms with E-state index in [1.54, 1.807) is 0 Å². The number of piperidine rings is 1. The Morgan fingerprint density at radius 1 is 1.35 bits per heavy atom. The highest BCUT2D eigenvalue weighted by molar-refractivity contribution is 5.68. The molecule has 5 nitrogen and oxygen atoms in total. The Balaban J connectivity index is 1.84. The highest BCUT2D eigenvalue weighted by Crippen LogP contribution is 2.24. The monoisotopic (exact) mass is 321 g/mol. The van der Waals surface area contributed by atoms with Crippen LogP contribution in [-0.4, -0.2) is 39.8 Å². The minimum atomic E-state index is -0.429. The second-order valence-electron chi connectivity index (χ2n) is 7.67. The average molecular weight is 321 g/mol. The highest BCUT2D eigenvalue weighted by Gasteiger charge is 2.33. The molecule has 0 unspecified atom stereocenters. The third-order valence-corrected chi connectivity index (χ3v) is 4.48. The summed E-state index contributed by atoms with van der Waals surface area (Å²) < 4.78 is 7.71. The second-order valence-corrected chi connectivity index (χ2v) is 7.67. The maximum Gasteiger partial charge on any atom is 0.410 e. The van der Waals surface area contributed by atoms with Gasteiger partial charge in [-0.05, 0) is 59.6 Å². The van der Waals surface area contributed by atoms with Gasteiger partial charge in [0.2, 0.25) is 0 Å². The van der Waals surface area contributed by atoms with Crippen molar-refractivity contribution in [2.45, 2.75) is 71.7 Å². The quantitative estimate of drug-likeness (QED) is 0.924. The van der Waals surface area contributed by atoms with E-state index in [4.69, 9.17) is 4.74 Å². The van der Waals surface area contributed by atoms with E-state index in [2.05, 4.69) is 42.1 Å². The molecule has 1 saturated heterocycles. The highest BCUT2D eigenvalue weighted by atomic mass is 16.6. The van der Waals surface area contributed by atoms with Gasteiger partial charge in [0.05, 0.1) is 0 Å². The van der Waals surface area contributed by atoms with Crippen molar-refractivity contribution >= 4 is 6.09 Å².